The van der Waals surface area contributed by atoms with Crippen LogP contribution in [0.4, 0.5) is 0 Å². The third-order valence-electron chi connectivity index (χ3n) is 3.29. The van der Waals surface area contributed by atoms with Crippen molar-refractivity contribution >= 4 is 23.2 Å². The van der Waals surface area contributed by atoms with Crippen LogP contribution in [-0.4, -0.2) is 34.1 Å². The predicted octanol–water partition coefficient (Wildman–Crippen LogP) is 3.24. The maximum atomic E-state index is 12.4. The first-order chi connectivity index (χ1) is 11.2. The van der Waals surface area contributed by atoms with E-state index < -0.39 is 5.97 Å². The number of ether oxygens (including phenoxy) is 2. The highest BCUT2D eigenvalue weighted by Gasteiger charge is 2.23. The number of carbonyl (C=O) groups excluding carboxylic acids is 1. The van der Waals surface area contributed by atoms with Gasteiger partial charge in [-0.25, -0.2) is 14.8 Å². The fraction of sp³-hybridized carbons (Fsp3) is 0.188. The molecule has 3 aromatic rings. The summed E-state index contributed by atoms with van der Waals surface area (Å²) in [6.07, 6.45) is 3.19. The van der Waals surface area contributed by atoms with Gasteiger partial charge in [-0.05, 0) is 19.1 Å². The van der Waals surface area contributed by atoms with Crippen molar-refractivity contribution in [3.63, 3.8) is 0 Å². The molecular weight excluding hydrogens is 318 g/mol. The van der Waals surface area contributed by atoms with Crippen molar-refractivity contribution in [3.8, 4) is 17.1 Å². The molecule has 0 aliphatic rings. The first-order valence-electron chi connectivity index (χ1n) is 6.99. The van der Waals surface area contributed by atoms with Crippen LogP contribution in [0.25, 0.3) is 16.9 Å². The van der Waals surface area contributed by atoms with E-state index in [9.17, 15) is 4.79 Å². The Hall–Kier alpha value is -2.60. The number of hydrogen-bond donors (Lipinski definition) is 0. The molecule has 0 unspecified atom stereocenters. The fourth-order valence-corrected chi connectivity index (χ4v) is 2.43. The number of benzene rings is 1. The summed E-state index contributed by atoms with van der Waals surface area (Å²) < 4.78 is 12.0. The standard InChI is InChI=1S/C16H14ClN3O3/c1-3-23-16(21)13-12(10-4-6-11(17)7-5-10)19-14-15(22-2)18-8-9-20(13)14/h4-9H,3H2,1-2H3. The Morgan fingerprint density at radius 1 is 1.30 bits per heavy atom. The van der Waals surface area contributed by atoms with Gasteiger partial charge in [0.15, 0.2) is 5.69 Å². The number of fused-ring (bicyclic) bond motifs is 1. The second-order valence-electron chi connectivity index (χ2n) is 4.67. The maximum Gasteiger partial charge on any atom is 0.357 e. The summed E-state index contributed by atoms with van der Waals surface area (Å²) in [5.41, 5.74) is 2.02. The molecule has 0 spiro atoms. The predicted molar refractivity (Wildman–Crippen MR) is 85.9 cm³/mol. The molecule has 2 aromatic heterocycles. The van der Waals surface area contributed by atoms with Gasteiger partial charge in [0, 0.05) is 23.0 Å². The molecule has 3 rings (SSSR count). The lowest BCUT2D eigenvalue weighted by atomic mass is 10.1. The number of methoxy groups -OCH3 is 1. The van der Waals surface area contributed by atoms with Crippen LogP contribution in [0.5, 0.6) is 5.88 Å². The Morgan fingerprint density at radius 3 is 2.70 bits per heavy atom. The van der Waals surface area contributed by atoms with Gasteiger partial charge in [-0.2, -0.15) is 0 Å². The first-order valence-corrected chi connectivity index (χ1v) is 7.37. The van der Waals surface area contributed by atoms with Gasteiger partial charge in [-0.1, -0.05) is 23.7 Å². The molecule has 0 aliphatic carbocycles. The van der Waals surface area contributed by atoms with Gasteiger partial charge >= 0.3 is 5.97 Å². The quantitative estimate of drug-likeness (QED) is 0.687. The highest BCUT2D eigenvalue weighted by Crippen LogP contribution is 2.28. The molecule has 6 nitrogen and oxygen atoms in total. The van der Waals surface area contributed by atoms with Crippen LogP contribution < -0.4 is 4.74 Å². The molecule has 0 aliphatic heterocycles. The zero-order valence-corrected chi connectivity index (χ0v) is 13.4. The monoisotopic (exact) mass is 331 g/mol. The zero-order valence-electron chi connectivity index (χ0n) is 12.6. The summed E-state index contributed by atoms with van der Waals surface area (Å²) in [6, 6.07) is 7.08. The highest BCUT2D eigenvalue weighted by atomic mass is 35.5. The molecule has 0 radical (unpaired) electrons. The smallest absolute Gasteiger partial charge is 0.357 e. The second kappa shape index (κ2) is 6.26. The molecule has 0 amide bonds. The molecule has 1 aromatic carbocycles. The number of carbonyl (C=O) groups is 1. The number of imidazole rings is 1. The average Bonchev–Trinajstić information content (AvgIpc) is 2.95. The van der Waals surface area contributed by atoms with Crippen LogP contribution in [-0.2, 0) is 4.74 Å². The number of nitrogens with zero attached hydrogens (tertiary/aromatic N) is 3. The normalized spacial score (nSPS) is 10.7. The molecule has 0 N–H and O–H groups in total. The fourth-order valence-electron chi connectivity index (χ4n) is 2.30. The minimum Gasteiger partial charge on any atom is -0.478 e. The third-order valence-corrected chi connectivity index (χ3v) is 3.54. The van der Waals surface area contributed by atoms with Crippen molar-refractivity contribution < 1.29 is 14.3 Å². The highest BCUT2D eigenvalue weighted by molar-refractivity contribution is 6.30. The van der Waals surface area contributed by atoms with Crippen molar-refractivity contribution in [2.45, 2.75) is 6.92 Å². The molecule has 118 valence electrons. The van der Waals surface area contributed by atoms with Crippen molar-refractivity contribution in [2.24, 2.45) is 0 Å². The van der Waals surface area contributed by atoms with E-state index in [2.05, 4.69) is 9.97 Å². The first kappa shape index (κ1) is 15.3. The van der Waals surface area contributed by atoms with Crippen molar-refractivity contribution in [1.82, 2.24) is 14.4 Å². The van der Waals surface area contributed by atoms with E-state index in [1.807, 2.05) is 0 Å². The van der Waals surface area contributed by atoms with Crippen LogP contribution in [0, 0.1) is 0 Å². The molecule has 0 saturated heterocycles. The summed E-state index contributed by atoms with van der Waals surface area (Å²) >= 11 is 5.93. The number of rotatable bonds is 4. The van der Waals surface area contributed by atoms with E-state index in [-0.39, 0.29) is 6.61 Å². The number of esters is 1. The topological polar surface area (TPSA) is 65.7 Å². The van der Waals surface area contributed by atoms with Gasteiger partial charge in [0.05, 0.1) is 13.7 Å². The summed E-state index contributed by atoms with van der Waals surface area (Å²) in [4.78, 5) is 21.0. The van der Waals surface area contributed by atoms with Crippen molar-refractivity contribution in [2.75, 3.05) is 13.7 Å². The summed E-state index contributed by atoms with van der Waals surface area (Å²) in [6.45, 7) is 2.03. The summed E-state index contributed by atoms with van der Waals surface area (Å²) in [7, 11) is 1.50. The molecule has 0 bridgehead atoms. The molecular formula is C16H14ClN3O3. The Labute approximate surface area is 137 Å². The van der Waals surface area contributed by atoms with Gasteiger partial charge in [-0.3, -0.25) is 4.40 Å². The van der Waals surface area contributed by atoms with Gasteiger partial charge in [0.25, 0.3) is 5.88 Å². The Kier molecular flexibility index (Phi) is 4.16. The maximum absolute atomic E-state index is 12.4. The minimum absolute atomic E-state index is 0.272. The summed E-state index contributed by atoms with van der Waals surface area (Å²) in [5, 5.41) is 0.606. The van der Waals surface area contributed by atoms with Gasteiger partial charge in [-0.15, -0.1) is 0 Å². The largest absolute Gasteiger partial charge is 0.478 e. The molecule has 23 heavy (non-hydrogen) atoms. The van der Waals surface area contributed by atoms with Gasteiger partial charge in [0.1, 0.15) is 5.69 Å². The SMILES string of the molecule is CCOC(=O)c1c(-c2ccc(Cl)cc2)nc2c(OC)nccn12. The van der Waals surface area contributed by atoms with Gasteiger partial charge in [0.2, 0.25) is 5.65 Å². The van der Waals surface area contributed by atoms with Crippen LogP contribution >= 0.6 is 11.6 Å². The number of hydrogen-bond acceptors (Lipinski definition) is 5. The van der Waals surface area contributed by atoms with Crippen LogP contribution in [0.1, 0.15) is 17.4 Å². The lowest BCUT2D eigenvalue weighted by Crippen LogP contribution is -2.09. The lowest BCUT2D eigenvalue weighted by Gasteiger charge is -2.05. The second-order valence-corrected chi connectivity index (χ2v) is 5.10. The third kappa shape index (κ3) is 2.73. The number of aromatic nitrogens is 3. The van der Waals surface area contributed by atoms with Crippen LogP contribution in [0.3, 0.4) is 0 Å². The molecule has 7 heteroatoms. The average molecular weight is 332 g/mol. The van der Waals surface area contributed by atoms with E-state index in [1.165, 1.54) is 7.11 Å². The molecule has 0 saturated carbocycles. The van der Waals surface area contributed by atoms with E-state index in [4.69, 9.17) is 21.1 Å². The van der Waals surface area contributed by atoms with Crippen LogP contribution in [0.2, 0.25) is 5.02 Å². The Bertz CT molecular complexity index is 859. The molecule has 0 atom stereocenters. The van der Waals surface area contributed by atoms with E-state index in [0.29, 0.717) is 27.9 Å². The lowest BCUT2D eigenvalue weighted by molar-refractivity contribution is 0.0519. The minimum atomic E-state index is -0.460. The van der Waals surface area contributed by atoms with E-state index >= 15 is 0 Å². The van der Waals surface area contributed by atoms with E-state index in [0.717, 1.165) is 5.56 Å². The Balaban J connectivity index is 2.28. The van der Waals surface area contributed by atoms with Crippen molar-refractivity contribution in [3.05, 3.63) is 47.4 Å². The van der Waals surface area contributed by atoms with E-state index in [1.54, 1.807) is 48.0 Å². The zero-order chi connectivity index (χ0) is 16.4. The molecule has 2 heterocycles. The number of halogens is 1. The van der Waals surface area contributed by atoms with Gasteiger partial charge < -0.3 is 9.47 Å². The molecule has 0 fully saturated rings. The Morgan fingerprint density at radius 2 is 2.04 bits per heavy atom. The summed E-state index contributed by atoms with van der Waals surface area (Å²) in [5.74, 6) is -0.128. The van der Waals surface area contributed by atoms with Crippen LogP contribution in [0.15, 0.2) is 36.7 Å². The van der Waals surface area contributed by atoms with Crippen molar-refractivity contribution in [1.29, 1.82) is 0 Å².